The zero-order valence-electron chi connectivity index (χ0n) is 10.3. The van der Waals surface area contributed by atoms with Crippen LogP contribution in [0.15, 0.2) is 18.2 Å². The largest absolute Gasteiger partial charge is 0.378 e. The molecule has 1 saturated heterocycles. The molecule has 2 rings (SSSR count). The Bertz CT molecular complexity index is 407. The molecule has 0 aliphatic carbocycles. The predicted molar refractivity (Wildman–Crippen MR) is 68.0 cm³/mol. The number of hydrogen-bond donors (Lipinski definition) is 0. The number of halogens is 2. The van der Waals surface area contributed by atoms with Crippen molar-refractivity contribution in [2.24, 2.45) is 5.41 Å². The second kappa shape index (κ2) is 4.95. The SMILES string of the molecule is Cc1ccc(F)cc1CC1(CCl)CCOC1C. The van der Waals surface area contributed by atoms with E-state index in [1.807, 2.05) is 13.0 Å². The van der Waals surface area contributed by atoms with Gasteiger partial charge in [-0.3, -0.25) is 0 Å². The lowest BCUT2D eigenvalue weighted by molar-refractivity contribution is 0.0735. The molecule has 1 heterocycles. The van der Waals surface area contributed by atoms with Crippen molar-refractivity contribution < 1.29 is 9.13 Å². The summed E-state index contributed by atoms with van der Waals surface area (Å²) in [6, 6.07) is 4.95. The number of aryl methyl sites for hydroxylation is 1. The lowest BCUT2D eigenvalue weighted by Gasteiger charge is -2.30. The maximum Gasteiger partial charge on any atom is 0.123 e. The molecule has 94 valence electrons. The van der Waals surface area contributed by atoms with Gasteiger partial charge in [-0.25, -0.2) is 4.39 Å². The molecule has 1 aliphatic heterocycles. The van der Waals surface area contributed by atoms with Crippen LogP contribution < -0.4 is 0 Å². The fraction of sp³-hybridized carbons (Fsp3) is 0.571. The molecule has 0 aromatic heterocycles. The maximum absolute atomic E-state index is 13.3. The summed E-state index contributed by atoms with van der Waals surface area (Å²) in [5.41, 5.74) is 2.12. The van der Waals surface area contributed by atoms with Crippen molar-refractivity contribution in [1.82, 2.24) is 0 Å². The fourth-order valence-corrected chi connectivity index (χ4v) is 2.93. The van der Waals surface area contributed by atoms with Crippen LogP contribution in [-0.2, 0) is 11.2 Å². The molecule has 0 N–H and O–H groups in total. The van der Waals surface area contributed by atoms with Crippen molar-refractivity contribution in [3.63, 3.8) is 0 Å². The van der Waals surface area contributed by atoms with Gasteiger partial charge in [0.15, 0.2) is 0 Å². The average molecular weight is 257 g/mol. The van der Waals surface area contributed by atoms with Crippen molar-refractivity contribution in [2.45, 2.75) is 32.8 Å². The summed E-state index contributed by atoms with van der Waals surface area (Å²) >= 11 is 6.13. The van der Waals surface area contributed by atoms with Crippen LogP contribution in [0.3, 0.4) is 0 Å². The fourth-order valence-electron chi connectivity index (χ4n) is 2.48. The Labute approximate surface area is 107 Å². The van der Waals surface area contributed by atoms with Crippen molar-refractivity contribution in [3.8, 4) is 0 Å². The maximum atomic E-state index is 13.3. The third-order valence-corrected chi connectivity index (χ3v) is 4.48. The quantitative estimate of drug-likeness (QED) is 0.749. The third-order valence-electron chi connectivity index (χ3n) is 3.95. The summed E-state index contributed by atoms with van der Waals surface area (Å²) in [5.74, 6) is 0.381. The van der Waals surface area contributed by atoms with E-state index in [1.54, 1.807) is 6.07 Å². The first-order chi connectivity index (χ1) is 8.07. The molecule has 1 aromatic rings. The van der Waals surface area contributed by atoms with E-state index >= 15 is 0 Å². The van der Waals surface area contributed by atoms with E-state index in [4.69, 9.17) is 16.3 Å². The second-order valence-corrected chi connectivity index (χ2v) is 5.27. The van der Waals surface area contributed by atoms with Gasteiger partial charge in [-0.05, 0) is 49.9 Å². The molecule has 0 saturated carbocycles. The first-order valence-corrected chi connectivity index (χ1v) is 6.53. The first kappa shape index (κ1) is 12.8. The van der Waals surface area contributed by atoms with Crippen LogP contribution in [0.1, 0.15) is 24.5 Å². The van der Waals surface area contributed by atoms with E-state index in [9.17, 15) is 4.39 Å². The molecule has 17 heavy (non-hydrogen) atoms. The molecule has 1 aromatic carbocycles. The third kappa shape index (κ3) is 2.48. The van der Waals surface area contributed by atoms with Crippen LogP contribution in [-0.4, -0.2) is 18.6 Å². The van der Waals surface area contributed by atoms with E-state index in [-0.39, 0.29) is 17.3 Å². The molecular weight excluding hydrogens is 239 g/mol. The summed E-state index contributed by atoms with van der Waals surface area (Å²) < 4.78 is 18.9. The monoisotopic (exact) mass is 256 g/mol. The van der Waals surface area contributed by atoms with Crippen LogP contribution in [0.2, 0.25) is 0 Å². The summed E-state index contributed by atoms with van der Waals surface area (Å²) in [7, 11) is 0. The van der Waals surface area contributed by atoms with Gasteiger partial charge in [0, 0.05) is 17.9 Å². The Hall–Kier alpha value is -0.600. The van der Waals surface area contributed by atoms with E-state index < -0.39 is 0 Å². The molecule has 0 amide bonds. The van der Waals surface area contributed by atoms with Crippen LogP contribution in [0.5, 0.6) is 0 Å². The van der Waals surface area contributed by atoms with Gasteiger partial charge in [0.1, 0.15) is 5.82 Å². The minimum atomic E-state index is -0.179. The highest BCUT2D eigenvalue weighted by atomic mass is 35.5. The van der Waals surface area contributed by atoms with Crippen molar-refractivity contribution in [3.05, 3.63) is 35.1 Å². The van der Waals surface area contributed by atoms with Crippen molar-refractivity contribution in [2.75, 3.05) is 12.5 Å². The highest BCUT2D eigenvalue weighted by Gasteiger charge is 2.41. The minimum absolute atomic E-state index is 0.0416. The van der Waals surface area contributed by atoms with E-state index in [0.29, 0.717) is 5.88 Å². The molecule has 0 spiro atoms. The normalized spacial score (nSPS) is 28.6. The number of hydrogen-bond acceptors (Lipinski definition) is 1. The number of rotatable bonds is 3. The van der Waals surface area contributed by atoms with Gasteiger partial charge >= 0.3 is 0 Å². The minimum Gasteiger partial charge on any atom is -0.378 e. The average Bonchev–Trinajstić information content (AvgIpc) is 2.66. The Kier molecular flexibility index (Phi) is 3.74. The molecular formula is C14H18ClFO. The van der Waals surface area contributed by atoms with E-state index in [1.165, 1.54) is 6.07 Å². The standard InChI is InChI=1S/C14H18ClFO/c1-10-3-4-13(16)7-12(10)8-14(9-15)5-6-17-11(14)2/h3-4,7,11H,5-6,8-9H2,1-2H3. The lowest BCUT2D eigenvalue weighted by Crippen LogP contribution is -2.33. The topological polar surface area (TPSA) is 9.23 Å². The van der Waals surface area contributed by atoms with Crippen molar-refractivity contribution >= 4 is 11.6 Å². The van der Waals surface area contributed by atoms with Gasteiger partial charge in [-0.15, -0.1) is 11.6 Å². The Morgan fingerprint density at radius 1 is 1.53 bits per heavy atom. The molecule has 2 unspecified atom stereocenters. The van der Waals surface area contributed by atoms with E-state index in [0.717, 1.165) is 30.6 Å². The van der Waals surface area contributed by atoms with Gasteiger partial charge in [0.25, 0.3) is 0 Å². The van der Waals surface area contributed by atoms with Crippen LogP contribution in [0.4, 0.5) is 4.39 Å². The van der Waals surface area contributed by atoms with Crippen LogP contribution in [0.25, 0.3) is 0 Å². The highest BCUT2D eigenvalue weighted by Crippen LogP contribution is 2.39. The summed E-state index contributed by atoms with van der Waals surface area (Å²) in [5, 5.41) is 0. The molecule has 0 bridgehead atoms. The molecule has 1 fully saturated rings. The van der Waals surface area contributed by atoms with Gasteiger partial charge in [-0.1, -0.05) is 6.07 Å². The predicted octanol–water partition coefficient (Wildman–Crippen LogP) is 3.71. The van der Waals surface area contributed by atoms with Crippen LogP contribution >= 0.6 is 11.6 Å². The first-order valence-electron chi connectivity index (χ1n) is 6.00. The summed E-state index contributed by atoms with van der Waals surface area (Å²) in [6.07, 6.45) is 1.89. The number of benzene rings is 1. The van der Waals surface area contributed by atoms with Gasteiger partial charge in [-0.2, -0.15) is 0 Å². The summed E-state index contributed by atoms with van der Waals surface area (Å²) in [6.45, 7) is 4.82. The van der Waals surface area contributed by atoms with Crippen molar-refractivity contribution in [1.29, 1.82) is 0 Å². The van der Waals surface area contributed by atoms with E-state index in [2.05, 4.69) is 6.92 Å². The molecule has 2 atom stereocenters. The lowest BCUT2D eigenvalue weighted by atomic mass is 9.77. The number of ether oxygens (including phenoxy) is 1. The number of alkyl halides is 1. The zero-order chi connectivity index (χ0) is 12.5. The Balaban J connectivity index is 2.27. The molecule has 1 aliphatic rings. The molecule has 0 radical (unpaired) electrons. The van der Waals surface area contributed by atoms with Gasteiger partial charge < -0.3 is 4.74 Å². The molecule has 3 heteroatoms. The van der Waals surface area contributed by atoms with Crippen LogP contribution in [0, 0.1) is 18.2 Å². The Morgan fingerprint density at radius 3 is 2.88 bits per heavy atom. The Morgan fingerprint density at radius 2 is 2.29 bits per heavy atom. The smallest absolute Gasteiger partial charge is 0.123 e. The van der Waals surface area contributed by atoms with Gasteiger partial charge in [0.2, 0.25) is 0 Å². The molecule has 1 nitrogen and oxygen atoms in total. The van der Waals surface area contributed by atoms with Gasteiger partial charge in [0.05, 0.1) is 6.10 Å². The summed E-state index contributed by atoms with van der Waals surface area (Å²) in [4.78, 5) is 0. The second-order valence-electron chi connectivity index (χ2n) is 5.01. The zero-order valence-corrected chi connectivity index (χ0v) is 11.1. The highest BCUT2D eigenvalue weighted by molar-refractivity contribution is 6.18.